The summed E-state index contributed by atoms with van der Waals surface area (Å²) < 4.78 is 0. The van der Waals surface area contributed by atoms with E-state index in [4.69, 9.17) is 5.73 Å². The molecule has 0 rings (SSSR count). The van der Waals surface area contributed by atoms with Crippen LogP contribution in [0.3, 0.4) is 0 Å². The topological polar surface area (TPSA) is 38.0 Å². The van der Waals surface area contributed by atoms with Crippen molar-refractivity contribution in [2.45, 2.75) is 25.1 Å². The van der Waals surface area contributed by atoms with Gasteiger partial charge in [0, 0.05) is 23.6 Å². The minimum atomic E-state index is 0.307. The van der Waals surface area contributed by atoms with Gasteiger partial charge < -0.3 is 11.1 Å². The zero-order valence-electron chi connectivity index (χ0n) is 7.05. The van der Waals surface area contributed by atoms with Crippen LogP contribution in [0.2, 0.25) is 0 Å². The van der Waals surface area contributed by atoms with Gasteiger partial charge in [-0.3, -0.25) is 0 Å². The highest BCUT2D eigenvalue weighted by atomic mass is 32.2. The maximum Gasteiger partial charge on any atom is 0.0168 e. The second kappa shape index (κ2) is 6.01. The Bertz CT molecular complexity index is 76.0. The van der Waals surface area contributed by atoms with E-state index in [1.54, 1.807) is 0 Å². The van der Waals surface area contributed by atoms with Crippen LogP contribution in [0.15, 0.2) is 0 Å². The number of hydrogen-bond acceptors (Lipinski definition) is 3. The molecule has 0 heterocycles. The maximum atomic E-state index is 5.68. The number of nitrogens with two attached hydrogens (primary N) is 1. The minimum absolute atomic E-state index is 0.307. The van der Waals surface area contributed by atoms with Crippen molar-refractivity contribution in [3.05, 3.63) is 0 Å². The first kappa shape index (κ1) is 10.3. The first-order chi connectivity index (χ1) is 4.68. The van der Waals surface area contributed by atoms with Crippen molar-refractivity contribution >= 4 is 11.8 Å². The summed E-state index contributed by atoms with van der Waals surface area (Å²) in [6.07, 6.45) is 0. The Morgan fingerprint density at radius 1 is 1.50 bits per heavy atom. The first-order valence-corrected chi connectivity index (χ1v) is 4.75. The standard InChI is InChI=1S/C7H18N2S/c1-6(8)7(2)10-5-4-9-3/h6-7,9H,4-5,8H2,1-3H3. The van der Waals surface area contributed by atoms with Crippen molar-refractivity contribution in [3.8, 4) is 0 Å². The molecule has 0 saturated carbocycles. The molecule has 0 aromatic carbocycles. The van der Waals surface area contributed by atoms with E-state index in [9.17, 15) is 0 Å². The number of hydrogen-bond donors (Lipinski definition) is 2. The fourth-order valence-corrected chi connectivity index (χ4v) is 1.50. The van der Waals surface area contributed by atoms with E-state index < -0.39 is 0 Å². The summed E-state index contributed by atoms with van der Waals surface area (Å²) in [6.45, 7) is 5.30. The third-order valence-corrected chi connectivity index (χ3v) is 2.87. The van der Waals surface area contributed by atoms with E-state index in [2.05, 4.69) is 19.2 Å². The van der Waals surface area contributed by atoms with Gasteiger partial charge in [0.05, 0.1) is 0 Å². The molecule has 0 aliphatic heterocycles. The van der Waals surface area contributed by atoms with E-state index in [-0.39, 0.29) is 0 Å². The van der Waals surface area contributed by atoms with Gasteiger partial charge in [0.2, 0.25) is 0 Å². The van der Waals surface area contributed by atoms with Gasteiger partial charge in [0.1, 0.15) is 0 Å². The highest BCUT2D eigenvalue weighted by Crippen LogP contribution is 2.11. The van der Waals surface area contributed by atoms with Crippen LogP contribution >= 0.6 is 11.8 Å². The quantitative estimate of drug-likeness (QED) is 0.584. The van der Waals surface area contributed by atoms with Crippen LogP contribution in [0.1, 0.15) is 13.8 Å². The van der Waals surface area contributed by atoms with Crippen LogP contribution in [0.25, 0.3) is 0 Å². The second-order valence-electron chi connectivity index (χ2n) is 2.54. The molecule has 3 heteroatoms. The number of rotatable bonds is 5. The lowest BCUT2D eigenvalue weighted by atomic mass is 10.3. The minimum Gasteiger partial charge on any atom is -0.327 e. The van der Waals surface area contributed by atoms with Crippen LogP contribution in [-0.2, 0) is 0 Å². The van der Waals surface area contributed by atoms with Gasteiger partial charge in [-0.05, 0) is 14.0 Å². The summed E-state index contributed by atoms with van der Waals surface area (Å²) in [5.74, 6) is 1.15. The van der Waals surface area contributed by atoms with E-state index in [1.165, 1.54) is 0 Å². The predicted octanol–water partition coefficient (Wildman–Crippen LogP) is 0.675. The van der Waals surface area contributed by atoms with Crippen molar-refractivity contribution in [2.24, 2.45) is 5.73 Å². The zero-order chi connectivity index (χ0) is 7.98. The fraction of sp³-hybridized carbons (Fsp3) is 1.00. The second-order valence-corrected chi connectivity index (χ2v) is 4.02. The SMILES string of the molecule is CNCCSC(C)C(C)N. The lowest BCUT2D eigenvalue weighted by Crippen LogP contribution is -2.27. The van der Waals surface area contributed by atoms with Crippen LogP contribution in [0.4, 0.5) is 0 Å². The molecule has 0 fully saturated rings. The molecule has 2 unspecified atom stereocenters. The first-order valence-electron chi connectivity index (χ1n) is 3.70. The molecule has 2 atom stereocenters. The average molecular weight is 162 g/mol. The normalized spacial score (nSPS) is 16.8. The van der Waals surface area contributed by atoms with Crippen LogP contribution in [0.5, 0.6) is 0 Å². The molecule has 3 N–H and O–H groups in total. The number of thioether (sulfide) groups is 1. The zero-order valence-corrected chi connectivity index (χ0v) is 7.87. The molecule has 0 radical (unpaired) electrons. The lowest BCUT2D eigenvalue weighted by Gasteiger charge is -2.14. The summed E-state index contributed by atoms with van der Waals surface area (Å²) in [6, 6.07) is 0.307. The van der Waals surface area contributed by atoms with Gasteiger partial charge in [0.15, 0.2) is 0 Å². The largest absolute Gasteiger partial charge is 0.327 e. The summed E-state index contributed by atoms with van der Waals surface area (Å²) in [5, 5.41) is 3.68. The lowest BCUT2D eigenvalue weighted by molar-refractivity contribution is 0.729. The van der Waals surface area contributed by atoms with Crippen molar-refractivity contribution in [1.29, 1.82) is 0 Å². The van der Waals surface area contributed by atoms with Gasteiger partial charge in [-0.1, -0.05) is 6.92 Å². The molecule has 0 spiro atoms. The highest BCUT2D eigenvalue weighted by molar-refractivity contribution is 7.99. The fourth-order valence-electron chi connectivity index (χ4n) is 0.499. The Labute approximate surface area is 67.9 Å². The Balaban J connectivity index is 3.13. The van der Waals surface area contributed by atoms with Crippen molar-refractivity contribution in [2.75, 3.05) is 19.3 Å². The molecular weight excluding hydrogens is 144 g/mol. The van der Waals surface area contributed by atoms with Crippen molar-refractivity contribution < 1.29 is 0 Å². The molecule has 0 bridgehead atoms. The third-order valence-electron chi connectivity index (χ3n) is 1.47. The Morgan fingerprint density at radius 2 is 2.10 bits per heavy atom. The van der Waals surface area contributed by atoms with Gasteiger partial charge in [0.25, 0.3) is 0 Å². The highest BCUT2D eigenvalue weighted by Gasteiger charge is 2.05. The molecule has 2 nitrogen and oxygen atoms in total. The van der Waals surface area contributed by atoms with Gasteiger partial charge in [-0.15, -0.1) is 0 Å². The molecular formula is C7H18N2S. The Kier molecular flexibility index (Phi) is 6.17. The summed E-state index contributed by atoms with van der Waals surface area (Å²) in [4.78, 5) is 0. The summed E-state index contributed by atoms with van der Waals surface area (Å²) >= 11 is 1.92. The van der Waals surface area contributed by atoms with Gasteiger partial charge in [-0.25, -0.2) is 0 Å². The molecule has 0 saturated heterocycles. The third kappa shape index (κ3) is 5.09. The molecule has 62 valence electrons. The van der Waals surface area contributed by atoms with Crippen LogP contribution in [-0.4, -0.2) is 30.6 Å². The molecule has 0 aromatic rings. The van der Waals surface area contributed by atoms with Gasteiger partial charge >= 0.3 is 0 Å². The van der Waals surface area contributed by atoms with Crippen molar-refractivity contribution in [3.63, 3.8) is 0 Å². The molecule has 0 aliphatic carbocycles. The molecule has 0 amide bonds. The van der Waals surface area contributed by atoms with E-state index in [1.807, 2.05) is 18.8 Å². The van der Waals surface area contributed by atoms with E-state index in [0.29, 0.717) is 11.3 Å². The van der Waals surface area contributed by atoms with Crippen LogP contribution in [0, 0.1) is 0 Å². The molecule has 0 aromatic heterocycles. The maximum absolute atomic E-state index is 5.68. The molecule has 10 heavy (non-hydrogen) atoms. The van der Waals surface area contributed by atoms with E-state index >= 15 is 0 Å². The smallest absolute Gasteiger partial charge is 0.0168 e. The monoisotopic (exact) mass is 162 g/mol. The molecule has 0 aliphatic rings. The Morgan fingerprint density at radius 3 is 2.50 bits per heavy atom. The van der Waals surface area contributed by atoms with Gasteiger partial charge in [-0.2, -0.15) is 11.8 Å². The number of nitrogens with one attached hydrogen (secondary N) is 1. The predicted molar refractivity (Wildman–Crippen MR) is 49.5 cm³/mol. The van der Waals surface area contributed by atoms with E-state index in [0.717, 1.165) is 12.3 Å². The summed E-state index contributed by atoms with van der Waals surface area (Å²) in [7, 11) is 1.97. The Hall–Kier alpha value is 0.270. The average Bonchev–Trinajstić information content (AvgIpc) is 1.88. The van der Waals surface area contributed by atoms with Crippen LogP contribution < -0.4 is 11.1 Å². The summed E-state index contributed by atoms with van der Waals surface area (Å²) in [5.41, 5.74) is 5.68. The van der Waals surface area contributed by atoms with Crippen molar-refractivity contribution in [1.82, 2.24) is 5.32 Å².